The molecule has 1 aromatic carbocycles. The summed E-state index contributed by atoms with van der Waals surface area (Å²) < 4.78 is 12.9. The first-order valence-corrected chi connectivity index (χ1v) is 6.20. The Kier molecular flexibility index (Phi) is 5.92. The maximum absolute atomic E-state index is 12.9. The second-order valence-electron chi connectivity index (χ2n) is 4.44. The SMILES string of the molecule is C=CCCCCCC(O)c1ccc(F)cc1C. The van der Waals surface area contributed by atoms with E-state index in [-0.39, 0.29) is 5.82 Å². The first-order valence-electron chi connectivity index (χ1n) is 6.20. The third-order valence-electron chi connectivity index (χ3n) is 2.98. The average Bonchev–Trinajstić information content (AvgIpc) is 2.28. The van der Waals surface area contributed by atoms with Crippen molar-refractivity contribution in [2.24, 2.45) is 0 Å². The third kappa shape index (κ3) is 4.70. The van der Waals surface area contributed by atoms with Crippen LogP contribution in [-0.4, -0.2) is 5.11 Å². The van der Waals surface area contributed by atoms with Gasteiger partial charge in [-0.05, 0) is 49.4 Å². The number of unbranched alkanes of at least 4 members (excludes halogenated alkanes) is 3. The van der Waals surface area contributed by atoms with Gasteiger partial charge in [-0.15, -0.1) is 6.58 Å². The standard InChI is InChI=1S/C15H21FO/c1-3-4-5-6-7-8-15(17)14-10-9-13(16)11-12(14)2/h3,9-11,15,17H,1,4-8H2,2H3. The van der Waals surface area contributed by atoms with Crippen LogP contribution in [0.5, 0.6) is 0 Å². The third-order valence-corrected chi connectivity index (χ3v) is 2.98. The Morgan fingerprint density at radius 1 is 1.35 bits per heavy atom. The van der Waals surface area contributed by atoms with Crippen molar-refractivity contribution in [1.29, 1.82) is 0 Å². The maximum atomic E-state index is 12.9. The number of allylic oxidation sites excluding steroid dienone is 1. The fraction of sp³-hybridized carbons (Fsp3) is 0.467. The summed E-state index contributed by atoms with van der Waals surface area (Å²) in [4.78, 5) is 0. The Labute approximate surface area is 103 Å². The first-order chi connectivity index (χ1) is 8.15. The molecule has 1 rings (SSSR count). The topological polar surface area (TPSA) is 20.2 Å². The van der Waals surface area contributed by atoms with Gasteiger partial charge in [0.1, 0.15) is 5.82 Å². The van der Waals surface area contributed by atoms with Gasteiger partial charge in [0.25, 0.3) is 0 Å². The molecule has 0 fully saturated rings. The van der Waals surface area contributed by atoms with Crippen molar-refractivity contribution < 1.29 is 9.50 Å². The van der Waals surface area contributed by atoms with Crippen LogP contribution in [0.25, 0.3) is 0 Å². The van der Waals surface area contributed by atoms with E-state index in [0.29, 0.717) is 0 Å². The van der Waals surface area contributed by atoms with Gasteiger partial charge in [-0.1, -0.05) is 25.0 Å². The molecule has 2 heteroatoms. The van der Waals surface area contributed by atoms with Gasteiger partial charge in [0, 0.05) is 0 Å². The van der Waals surface area contributed by atoms with Crippen molar-refractivity contribution in [3.63, 3.8) is 0 Å². The summed E-state index contributed by atoms with van der Waals surface area (Å²) in [7, 11) is 0. The van der Waals surface area contributed by atoms with E-state index in [1.165, 1.54) is 12.1 Å². The van der Waals surface area contributed by atoms with Crippen LogP contribution in [0.1, 0.15) is 49.3 Å². The van der Waals surface area contributed by atoms with Crippen molar-refractivity contribution in [2.75, 3.05) is 0 Å². The summed E-state index contributed by atoms with van der Waals surface area (Å²) in [5.41, 5.74) is 1.67. The van der Waals surface area contributed by atoms with Crippen LogP contribution in [0.3, 0.4) is 0 Å². The molecule has 94 valence electrons. The summed E-state index contributed by atoms with van der Waals surface area (Å²) in [6.07, 6.45) is 6.43. The Hall–Kier alpha value is -1.15. The molecule has 1 aromatic rings. The molecule has 0 aliphatic rings. The number of hydrogen-bond donors (Lipinski definition) is 1. The van der Waals surface area contributed by atoms with Crippen molar-refractivity contribution in [3.8, 4) is 0 Å². The average molecular weight is 236 g/mol. The van der Waals surface area contributed by atoms with Gasteiger partial charge in [0.15, 0.2) is 0 Å². The van der Waals surface area contributed by atoms with E-state index < -0.39 is 6.10 Å². The van der Waals surface area contributed by atoms with Gasteiger partial charge < -0.3 is 5.11 Å². The highest BCUT2D eigenvalue weighted by Gasteiger charge is 2.10. The molecule has 0 spiro atoms. The molecular formula is C15H21FO. The molecule has 17 heavy (non-hydrogen) atoms. The molecule has 1 nitrogen and oxygen atoms in total. The van der Waals surface area contributed by atoms with Gasteiger partial charge in [-0.2, -0.15) is 0 Å². The fourth-order valence-corrected chi connectivity index (χ4v) is 1.97. The number of aliphatic hydroxyl groups is 1. The van der Waals surface area contributed by atoms with Crippen LogP contribution in [0, 0.1) is 12.7 Å². The van der Waals surface area contributed by atoms with Crippen molar-refractivity contribution in [1.82, 2.24) is 0 Å². The predicted molar refractivity (Wildman–Crippen MR) is 69.4 cm³/mol. The first kappa shape index (κ1) is 13.9. The number of aryl methyl sites for hydroxylation is 1. The molecule has 0 saturated carbocycles. The van der Waals surface area contributed by atoms with Gasteiger partial charge in [-0.25, -0.2) is 4.39 Å². The monoisotopic (exact) mass is 236 g/mol. The second-order valence-corrected chi connectivity index (χ2v) is 4.44. The molecule has 0 heterocycles. The van der Waals surface area contributed by atoms with Gasteiger partial charge >= 0.3 is 0 Å². The zero-order valence-electron chi connectivity index (χ0n) is 10.5. The Bertz CT molecular complexity index is 360. The minimum absolute atomic E-state index is 0.246. The lowest BCUT2D eigenvalue weighted by Crippen LogP contribution is -2.00. The number of aliphatic hydroxyl groups excluding tert-OH is 1. The maximum Gasteiger partial charge on any atom is 0.123 e. The quantitative estimate of drug-likeness (QED) is 0.552. The van der Waals surface area contributed by atoms with Crippen LogP contribution in [0.15, 0.2) is 30.9 Å². The smallest absolute Gasteiger partial charge is 0.123 e. The Morgan fingerprint density at radius 3 is 2.76 bits per heavy atom. The normalized spacial score (nSPS) is 12.4. The number of hydrogen-bond acceptors (Lipinski definition) is 1. The summed E-state index contributed by atoms with van der Waals surface area (Å²) in [6, 6.07) is 4.55. The van der Waals surface area contributed by atoms with Crippen molar-refractivity contribution >= 4 is 0 Å². The van der Waals surface area contributed by atoms with E-state index in [1.54, 1.807) is 6.07 Å². The van der Waals surface area contributed by atoms with Crippen LogP contribution < -0.4 is 0 Å². The van der Waals surface area contributed by atoms with E-state index in [1.807, 2.05) is 13.0 Å². The second kappa shape index (κ2) is 7.23. The van der Waals surface area contributed by atoms with Gasteiger partial charge in [-0.3, -0.25) is 0 Å². The van der Waals surface area contributed by atoms with Crippen LogP contribution >= 0.6 is 0 Å². The van der Waals surface area contributed by atoms with E-state index in [2.05, 4.69) is 6.58 Å². The van der Waals surface area contributed by atoms with Crippen molar-refractivity contribution in [2.45, 2.75) is 45.1 Å². The lowest BCUT2D eigenvalue weighted by atomic mass is 9.98. The lowest BCUT2D eigenvalue weighted by molar-refractivity contribution is 0.162. The van der Waals surface area contributed by atoms with Crippen molar-refractivity contribution in [3.05, 3.63) is 47.8 Å². The van der Waals surface area contributed by atoms with Crippen LogP contribution in [0.2, 0.25) is 0 Å². The number of halogens is 1. The molecule has 0 amide bonds. The molecular weight excluding hydrogens is 215 g/mol. The zero-order chi connectivity index (χ0) is 12.7. The highest BCUT2D eigenvalue weighted by Crippen LogP contribution is 2.23. The minimum Gasteiger partial charge on any atom is -0.388 e. The summed E-state index contributed by atoms with van der Waals surface area (Å²) in [6.45, 7) is 5.51. The highest BCUT2D eigenvalue weighted by molar-refractivity contribution is 5.28. The number of rotatable bonds is 7. The minimum atomic E-state index is -0.473. The van der Waals surface area contributed by atoms with Crippen LogP contribution in [0.4, 0.5) is 4.39 Å². The number of benzene rings is 1. The molecule has 0 aliphatic heterocycles. The molecule has 0 aromatic heterocycles. The fourth-order valence-electron chi connectivity index (χ4n) is 1.97. The molecule has 1 N–H and O–H groups in total. The van der Waals surface area contributed by atoms with E-state index in [4.69, 9.17) is 0 Å². The Morgan fingerprint density at radius 2 is 2.12 bits per heavy atom. The highest BCUT2D eigenvalue weighted by atomic mass is 19.1. The largest absolute Gasteiger partial charge is 0.388 e. The summed E-state index contributed by atoms with van der Waals surface area (Å²) in [5, 5.41) is 10.0. The predicted octanol–water partition coefficient (Wildman–Crippen LogP) is 4.30. The van der Waals surface area contributed by atoms with E-state index in [0.717, 1.165) is 43.2 Å². The molecule has 0 radical (unpaired) electrons. The molecule has 0 bridgehead atoms. The molecule has 1 atom stereocenters. The Balaban J connectivity index is 2.41. The zero-order valence-corrected chi connectivity index (χ0v) is 10.5. The van der Waals surface area contributed by atoms with Gasteiger partial charge in [0.2, 0.25) is 0 Å². The summed E-state index contributed by atoms with van der Waals surface area (Å²) >= 11 is 0. The summed E-state index contributed by atoms with van der Waals surface area (Å²) in [5.74, 6) is -0.246. The lowest BCUT2D eigenvalue weighted by Gasteiger charge is -2.13. The molecule has 0 saturated heterocycles. The molecule has 1 unspecified atom stereocenters. The van der Waals surface area contributed by atoms with E-state index in [9.17, 15) is 9.50 Å². The van der Waals surface area contributed by atoms with Crippen LogP contribution in [-0.2, 0) is 0 Å². The molecule has 0 aliphatic carbocycles. The van der Waals surface area contributed by atoms with Gasteiger partial charge in [0.05, 0.1) is 6.10 Å². The van der Waals surface area contributed by atoms with E-state index >= 15 is 0 Å².